The highest BCUT2D eigenvalue weighted by molar-refractivity contribution is 8.13. The molecule has 72 valence electrons. The Balaban J connectivity index is 3.50. The van der Waals surface area contributed by atoms with Crippen LogP contribution in [0.5, 0.6) is 5.75 Å². The molecule has 13 heavy (non-hydrogen) atoms. The summed E-state index contributed by atoms with van der Waals surface area (Å²) < 4.78 is 27.1. The van der Waals surface area contributed by atoms with Crippen LogP contribution >= 0.6 is 10.7 Å². The highest BCUT2D eigenvalue weighted by atomic mass is 35.7. The van der Waals surface area contributed by atoms with Gasteiger partial charge in [-0.2, -0.15) is 0 Å². The highest BCUT2D eigenvalue weighted by Gasteiger charge is 2.18. The molecule has 0 aliphatic rings. The Morgan fingerprint density at radius 1 is 1.38 bits per heavy atom. The molecule has 0 saturated heterocycles. The minimum atomic E-state index is -3.73. The van der Waals surface area contributed by atoms with Gasteiger partial charge < -0.3 is 4.74 Å². The Morgan fingerprint density at radius 2 is 2.00 bits per heavy atom. The third-order valence-electron chi connectivity index (χ3n) is 1.64. The van der Waals surface area contributed by atoms with E-state index in [4.69, 9.17) is 15.4 Å². The van der Waals surface area contributed by atoms with Crippen LogP contribution in [-0.4, -0.2) is 15.5 Å². The van der Waals surface area contributed by atoms with Crippen LogP contribution in [0.15, 0.2) is 23.1 Å². The van der Waals surface area contributed by atoms with Gasteiger partial charge in [0.2, 0.25) is 0 Å². The molecule has 3 nitrogen and oxygen atoms in total. The van der Waals surface area contributed by atoms with E-state index in [1.807, 2.05) is 0 Å². The van der Waals surface area contributed by atoms with E-state index in [-0.39, 0.29) is 10.6 Å². The van der Waals surface area contributed by atoms with Gasteiger partial charge in [-0.05, 0) is 18.6 Å². The minimum absolute atomic E-state index is 0.0409. The lowest BCUT2D eigenvalue weighted by atomic mass is 10.2. The number of rotatable bonds is 2. The van der Waals surface area contributed by atoms with Gasteiger partial charge in [0.25, 0.3) is 9.05 Å². The Morgan fingerprint density at radius 3 is 2.38 bits per heavy atom. The van der Waals surface area contributed by atoms with Crippen LogP contribution in [0.2, 0.25) is 0 Å². The first-order valence-corrected chi connectivity index (χ1v) is 5.86. The molecule has 0 fully saturated rings. The summed E-state index contributed by atoms with van der Waals surface area (Å²) in [5, 5.41) is 0. The van der Waals surface area contributed by atoms with E-state index >= 15 is 0 Å². The molecule has 1 rings (SSSR count). The standard InChI is InChI=1S/C8H9ClO3S/c1-6-4-3-5-7(12-2)8(6)13(9,10)11/h3-5H,1-2H3. The topological polar surface area (TPSA) is 43.4 Å². The van der Waals surface area contributed by atoms with Crippen LogP contribution in [0.3, 0.4) is 0 Å². The summed E-state index contributed by atoms with van der Waals surface area (Å²) in [6, 6.07) is 4.93. The quantitative estimate of drug-likeness (QED) is 0.716. The van der Waals surface area contributed by atoms with Gasteiger partial charge in [-0.3, -0.25) is 0 Å². The average Bonchev–Trinajstić information content (AvgIpc) is 2.01. The highest BCUT2D eigenvalue weighted by Crippen LogP contribution is 2.29. The maximum absolute atomic E-state index is 11.1. The third kappa shape index (κ3) is 2.14. The van der Waals surface area contributed by atoms with Gasteiger partial charge >= 0.3 is 0 Å². The van der Waals surface area contributed by atoms with Gasteiger partial charge in [-0.25, -0.2) is 8.42 Å². The molecule has 1 aromatic rings. The Kier molecular flexibility index (Phi) is 2.83. The van der Waals surface area contributed by atoms with Crippen molar-refractivity contribution in [3.05, 3.63) is 23.8 Å². The Labute approximate surface area is 81.7 Å². The largest absolute Gasteiger partial charge is 0.495 e. The first-order valence-electron chi connectivity index (χ1n) is 3.55. The predicted molar refractivity (Wildman–Crippen MR) is 50.8 cm³/mol. The first kappa shape index (κ1) is 10.3. The number of aryl methyl sites for hydroxylation is 1. The lowest BCUT2D eigenvalue weighted by Gasteiger charge is -2.07. The smallest absolute Gasteiger partial charge is 0.265 e. The van der Waals surface area contributed by atoms with E-state index in [2.05, 4.69) is 0 Å². The first-order chi connectivity index (χ1) is 5.96. The van der Waals surface area contributed by atoms with Crippen LogP contribution in [-0.2, 0) is 9.05 Å². The van der Waals surface area contributed by atoms with Gasteiger partial charge in [0.15, 0.2) is 0 Å². The van der Waals surface area contributed by atoms with Crippen molar-refractivity contribution in [2.75, 3.05) is 7.11 Å². The van der Waals surface area contributed by atoms with Gasteiger partial charge in [0.1, 0.15) is 10.6 Å². The number of benzene rings is 1. The maximum atomic E-state index is 11.1. The van der Waals surface area contributed by atoms with Crippen molar-refractivity contribution in [2.45, 2.75) is 11.8 Å². The van der Waals surface area contributed by atoms with E-state index in [0.717, 1.165) is 0 Å². The molecule has 0 aromatic heterocycles. The number of hydrogen-bond donors (Lipinski definition) is 0. The van der Waals surface area contributed by atoms with Gasteiger partial charge in [0, 0.05) is 10.7 Å². The zero-order valence-corrected chi connectivity index (χ0v) is 8.82. The normalized spacial score (nSPS) is 11.3. The SMILES string of the molecule is COc1cccc(C)c1S(=O)(=O)Cl. The van der Waals surface area contributed by atoms with Crippen LogP contribution in [0.1, 0.15) is 5.56 Å². The second-order valence-electron chi connectivity index (χ2n) is 2.54. The second kappa shape index (κ2) is 3.55. The molecule has 0 atom stereocenters. The molecule has 0 N–H and O–H groups in total. The molecule has 0 heterocycles. The molecule has 0 amide bonds. The van der Waals surface area contributed by atoms with Crippen LogP contribution in [0, 0.1) is 6.92 Å². The molecule has 1 aromatic carbocycles. The van der Waals surface area contributed by atoms with Crippen molar-refractivity contribution in [1.82, 2.24) is 0 Å². The number of halogens is 1. The molecule has 5 heteroatoms. The summed E-state index contributed by atoms with van der Waals surface area (Å²) in [7, 11) is 2.91. The zero-order chi connectivity index (χ0) is 10.1. The second-order valence-corrected chi connectivity index (χ2v) is 5.05. The fraction of sp³-hybridized carbons (Fsp3) is 0.250. The van der Waals surface area contributed by atoms with Crippen molar-refractivity contribution in [2.24, 2.45) is 0 Å². The fourth-order valence-corrected chi connectivity index (χ4v) is 2.54. The molecular weight excluding hydrogens is 212 g/mol. The number of methoxy groups -OCH3 is 1. The predicted octanol–water partition coefficient (Wildman–Crippen LogP) is 1.93. The molecule has 0 spiro atoms. The number of ether oxygens (including phenoxy) is 1. The third-order valence-corrected chi connectivity index (χ3v) is 3.11. The molecule has 0 bridgehead atoms. The minimum Gasteiger partial charge on any atom is -0.495 e. The fourth-order valence-electron chi connectivity index (χ4n) is 1.10. The summed E-state index contributed by atoms with van der Waals surface area (Å²) in [6.07, 6.45) is 0. The monoisotopic (exact) mass is 220 g/mol. The van der Waals surface area contributed by atoms with E-state index in [9.17, 15) is 8.42 Å². The molecule has 0 aliphatic carbocycles. The van der Waals surface area contributed by atoms with E-state index in [1.165, 1.54) is 7.11 Å². The Bertz CT molecular complexity index is 411. The van der Waals surface area contributed by atoms with E-state index in [0.29, 0.717) is 5.56 Å². The maximum Gasteiger partial charge on any atom is 0.265 e. The zero-order valence-electron chi connectivity index (χ0n) is 7.24. The van der Waals surface area contributed by atoms with E-state index < -0.39 is 9.05 Å². The van der Waals surface area contributed by atoms with Crippen molar-refractivity contribution >= 4 is 19.7 Å². The van der Waals surface area contributed by atoms with E-state index in [1.54, 1.807) is 25.1 Å². The average molecular weight is 221 g/mol. The van der Waals surface area contributed by atoms with Gasteiger partial charge in [0.05, 0.1) is 7.11 Å². The van der Waals surface area contributed by atoms with Crippen LogP contribution < -0.4 is 4.74 Å². The lowest BCUT2D eigenvalue weighted by molar-refractivity contribution is 0.402. The van der Waals surface area contributed by atoms with Crippen LogP contribution in [0.25, 0.3) is 0 Å². The molecule has 0 saturated carbocycles. The summed E-state index contributed by atoms with van der Waals surface area (Å²) in [6.45, 7) is 1.66. The molecular formula is C8H9ClO3S. The summed E-state index contributed by atoms with van der Waals surface area (Å²) in [5.41, 5.74) is 0.578. The molecule has 0 radical (unpaired) electrons. The van der Waals surface area contributed by atoms with Gasteiger partial charge in [-0.15, -0.1) is 0 Å². The van der Waals surface area contributed by atoms with Crippen molar-refractivity contribution < 1.29 is 13.2 Å². The van der Waals surface area contributed by atoms with Crippen molar-refractivity contribution in [3.63, 3.8) is 0 Å². The summed E-state index contributed by atoms with van der Waals surface area (Å²) in [5.74, 6) is 0.273. The number of hydrogen-bond acceptors (Lipinski definition) is 3. The summed E-state index contributed by atoms with van der Waals surface area (Å²) >= 11 is 0. The van der Waals surface area contributed by atoms with Gasteiger partial charge in [-0.1, -0.05) is 12.1 Å². The molecule has 0 unspecified atom stereocenters. The van der Waals surface area contributed by atoms with Crippen LogP contribution in [0.4, 0.5) is 0 Å². The Hall–Kier alpha value is -0.740. The molecule has 0 aliphatic heterocycles. The van der Waals surface area contributed by atoms with Crippen molar-refractivity contribution in [1.29, 1.82) is 0 Å². The van der Waals surface area contributed by atoms with Crippen molar-refractivity contribution in [3.8, 4) is 5.75 Å². The lowest BCUT2D eigenvalue weighted by Crippen LogP contribution is -1.98. The summed E-state index contributed by atoms with van der Waals surface area (Å²) in [4.78, 5) is 0.0409.